The minimum absolute atomic E-state index is 0.0634. The third-order valence-corrected chi connectivity index (χ3v) is 4.42. The largest absolute Gasteiger partial charge is 0.396 e. The summed E-state index contributed by atoms with van der Waals surface area (Å²) in [4.78, 5) is 13.2. The molecular formula is C9H12N2O2S. The summed E-state index contributed by atoms with van der Waals surface area (Å²) in [6.07, 6.45) is 0.658. The highest BCUT2D eigenvalue weighted by Gasteiger charge is 2.54. The summed E-state index contributed by atoms with van der Waals surface area (Å²) in [6.45, 7) is 1.87. The molecule has 5 heteroatoms. The molecule has 2 aliphatic heterocycles. The van der Waals surface area contributed by atoms with Crippen molar-refractivity contribution < 1.29 is 9.90 Å². The average Bonchev–Trinajstić information content (AvgIpc) is 2.61. The molecule has 2 rings (SSSR count). The molecule has 0 spiro atoms. The van der Waals surface area contributed by atoms with E-state index >= 15 is 0 Å². The van der Waals surface area contributed by atoms with Crippen LogP contribution >= 0.6 is 11.8 Å². The lowest BCUT2D eigenvalue weighted by Crippen LogP contribution is -2.42. The SMILES string of the molecule is CC12CC(CO)C(=O)N1C(C#N)CS2. The Bertz CT molecular complexity index is 314. The van der Waals surface area contributed by atoms with Crippen LogP contribution < -0.4 is 0 Å². The van der Waals surface area contributed by atoms with Crippen LogP contribution in [-0.2, 0) is 4.79 Å². The predicted molar refractivity (Wildman–Crippen MR) is 52.3 cm³/mol. The summed E-state index contributed by atoms with van der Waals surface area (Å²) in [5.74, 6) is 0.326. The van der Waals surface area contributed by atoms with Crippen LogP contribution in [0.1, 0.15) is 13.3 Å². The topological polar surface area (TPSA) is 64.3 Å². The first-order valence-corrected chi connectivity index (χ1v) is 5.58. The Balaban J connectivity index is 2.29. The number of thioether (sulfide) groups is 1. The van der Waals surface area contributed by atoms with Crippen molar-refractivity contribution in [2.75, 3.05) is 12.4 Å². The van der Waals surface area contributed by atoms with Gasteiger partial charge >= 0.3 is 0 Å². The standard InChI is InChI=1S/C9H12N2O2S/c1-9-2-6(4-12)8(13)11(9)7(3-10)5-14-9/h6-7,12H,2,4-5H2,1H3. The molecule has 2 saturated heterocycles. The van der Waals surface area contributed by atoms with E-state index in [0.717, 1.165) is 0 Å². The third kappa shape index (κ3) is 1.14. The van der Waals surface area contributed by atoms with Gasteiger partial charge in [-0.3, -0.25) is 4.79 Å². The van der Waals surface area contributed by atoms with Gasteiger partial charge in [-0.05, 0) is 13.3 Å². The number of aliphatic hydroxyl groups excluding tert-OH is 1. The first kappa shape index (κ1) is 9.81. The number of amides is 1. The van der Waals surface area contributed by atoms with Gasteiger partial charge in [-0.15, -0.1) is 11.8 Å². The van der Waals surface area contributed by atoms with E-state index < -0.39 is 0 Å². The first-order chi connectivity index (χ1) is 6.62. The Morgan fingerprint density at radius 2 is 2.57 bits per heavy atom. The Kier molecular flexibility index (Phi) is 2.20. The predicted octanol–water partition coefficient (Wildman–Crippen LogP) is 0.182. The zero-order valence-electron chi connectivity index (χ0n) is 7.93. The minimum Gasteiger partial charge on any atom is -0.396 e. The summed E-state index contributed by atoms with van der Waals surface area (Å²) < 4.78 is 0. The number of fused-ring (bicyclic) bond motifs is 1. The van der Waals surface area contributed by atoms with E-state index in [4.69, 9.17) is 10.4 Å². The molecule has 0 aromatic rings. The zero-order valence-corrected chi connectivity index (χ0v) is 8.75. The highest BCUT2D eigenvalue weighted by atomic mass is 32.2. The van der Waals surface area contributed by atoms with Crippen molar-refractivity contribution >= 4 is 17.7 Å². The average molecular weight is 212 g/mol. The van der Waals surface area contributed by atoms with E-state index in [2.05, 4.69) is 6.07 Å². The van der Waals surface area contributed by atoms with Crippen molar-refractivity contribution in [1.29, 1.82) is 5.26 Å². The molecule has 1 amide bonds. The van der Waals surface area contributed by atoms with Gasteiger partial charge in [0.25, 0.3) is 0 Å². The number of rotatable bonds is 1. The van der Waals surface area contributed by atoms with E-state index in [9.17, 15) is 4.79 Å². The van der Waals surface area contributed by atoms with E-state index in [1.54, 1.807) is 16.7 Å². The van der Waals surface area contributed by atoms with Gasteiger partial charge in [-0.1, -0.05) is 0 Å². The Morgan fingerprint density at radius 1 is 1.86 bits per heavy atom. The lowest BCUT2D eigenvalue weighted by Gasteiger charge is -2.27. The molecule has 76 valence electrons. The van der Waals surface area contributed by atoms with E-state index in [1.807, 2.05) is 6.92 Å². The smallest absolute Gasteiger partial charge is 0.230 e. The second-order valence-electron chi connectivity index (χ2n) is 3.92. The molecule has 1 N–H and O–H groups in total. The number of carbonyl (C=O) groups excluding carboxylic acids is 1. The van der Waals surface area contributed by atoms with Gasteiger partial charge in [0, 0.05) is 5.75 Å². The third-order valence-electron chi connectivity index (χ3n) is 2.95. The molecule has 3 atom stereocenters. The summed E-state index contributed by atoms with van der Waals surface area (Å²) in [5, 5.41) is 17.9. The van der Waals surface area contributed by atoms with Crippen LogP contribution in [0.15, 0.2) is 0 Å². The van der Waals surface area contributed by atoms with Crippen molar-refractivity contribution in [2.24, 2.45) is 5.92 Å². The number of nitriles is 1. The summed E-state index contributed by atoms with van der Waals surface area (Å²) in [6, 6.07) is 1.83. The van der Waals surface area contributed by atoms with E-state index in [-0.39, 0.29) is 29.3 Å². The van der Waals surface area contributed by atoms with Crippen LogP contribution in [-0.4, -0.2) is 39.2 Å². The monoisotopic (exact) mass is 212 g/mol. The van der Waals surface area contributed by atoms with Gasteiger partial charge in [0.1, 0.15) is 6.04 Å². The maximum Gasteiger partial charge on any atom is 0.230 e. The van der Waals surface area contributed by atoms with Crippen molar-refractivity contribution in [3.8, 4) is 6.07 Å². The Labute approximate surface area is 86.9 Å². The molecule has 2 heterocycles. The maximum atomic E-state index is 11.8. The van der Waals surface area contributed by atoms with Gasteiger partial charge in [-0.2, -0.15) is 5.26 Å². The van der Waals surface area contributed by atoms with Crippen LogP contribution in [0.25, 0.3) is 0 Å². The Morgan fingerprint density at radius 3 is 3.14 bits per heavy atom. The molecule has 0 aromatic carbocycles. The second kappa shape index (κ2) is 3.14. The molecule has 0 bridgehead atoms. The van der Waals surface area contributed by atoms with Gasteiger partial charge in [0.2, 0.25) is 5.91 Å². The zero-order chi connectivity index (χ0) is 10.3. The molecule has 0 saturated carbocycles. The molecule has 2 fully saturated rings. The van der Waals surface area contributed by atoms with Crippen LogP contribution in [0.4, 0.5) is 0 Å². The number of nitrogens with zero attached hydrogens (tertiary/aromatic N) is 2. The molecule has 2 aliphatic rings. The lowest BCUT2D eigenvalue weighted by atomic mass is 10.1. The van der Waals surface area contributed by atoms with Crippen LogP contribution in [0.2, 0.25) is 0 Å². The quantitative estimate of drug-likeness (QED) is 0.673. The van der Waals surface area contributed by atoms with Gasteiger partial charge < -0.3 is 10.0 Å². The van der Waals surface area contributed by atoms with Gasteiger partial charge in [0.15, 0.2) is 0 Å². The first-order valence-electron chi connectivity index (χ1n) is 4.60. The normalized spacial score (nSPS) is 41.2. The molecule has 14 heavy (non-hydrogen) atoms. The van der Waals surface area contributed by atoms with E-state index in [0.29, 0.717) is 12.2 Å². The summed E-state index contributed by atoms with van der Waals surface area (Å²) in [5.41, 5.74) is 0. The fraction of sp³-hybridized carbons (Fsp3) is 0.778. The molecule has 0 aliphatic carbocycles. The van der Waals surface area contributed by atoms with Crippen LogP contribution in [0, 0.1) is 17.2 Å². The van der Waals surface area contributed by atoms with Crippen molar-refractivity contribution in [2.45, 2.75) is 24.3 Å². The minimum atomic E-state index is -0.311. The van der Waals surface area contributed by atoms with Crippen molar-refractivity contribution in [1.82, 2.24) is 4.90 Å². The van der Waals surface area contributed by atoms with Crippen LogP contribution in [0.5, 0.6) is 0 Å². The highest BCUT2D eigenvalue weighted by Crippen LogP contribution is 2.48. The maximum absolute atomic E-state index is 11.8. The molecule has 0 radical (unpaired) electrons. The number of carbonyl (C=O) groups is 1. The lowest BCUT2D eigenvalue weighted by molar-refractivity contribution is -0.133. The highest BCUT2D eigenvalue weighted by molar-refractivity contribution is 8.00. The van der Waals surface area contributed by atoms with Crippen LogP contribution in [0.3, 0.4) is 0 Å². The van der Waals surface area contributed by atoms with Crippen molar-refractivity contribution in [3.63, 3.8) is 0 Å². The summed E-state index contributed by atoms with van der Waals surface area (Å²) in [7, 11) is 0. The second-order valence-corrected chi connectivity index (χ2v) is 5.42. The van der Waals surface area contributed by atoms with E-state index in [1.165, 1.54) is 0 Å². The number of aliphatic hydroxyl groups is 1. The Hall–Kier alpha value is -0.730. The fourth-order valence-corrected chi connectivity index (χ4v) is 3.67. The molecule has 3 unspecified atom stereocenters. The summed E-state index contributed by atoms with van der Waals surface area (Å²) >= 11 is 1.64. The molecular weight excluding hydrogens is 200 g/mol. The van der Waals surface area contributed by atoms with Crippen molar-refractivity contribution in [3.05, 3.63) is 0 Å². The number of hydrogen-bond donors (Lipinski definition) is 1. The number of hydrogen-bond acceptors (Lipinski definition) is 4. The molecule has 4 nitrogen and oxygen atoms in total. The molecule has 0 aromatic heterocycles. The van der Waals surface area contributed by atoms with Gasteiger partial charge in [0.05, 0.1) is 23.5 Å². The van der Waals surface area contributed by atoms with Gasteiger partial charge in [-0.25, -0.2) is 0 Å². The fourth-order valence-electron chi connectivity index (χ4n) is 2.25.